The quantitative estimate of drug-likeness (QED) is 0.608. The van der Waals surface area contributed by atoms with Gasteiger partial charge < -0.3 is 14.5 Å². The van der Waals surface area contributed by atoms with Gasteiger partial charge in [0.05, 0.1) is 13.2 Å². The lowest BCUT2D eigenvalue weighted by Crippen LogP contribution is -2.53. The summed E-state index contributed by atoms with van der Waals surface area (Å²) in [6.45, 7) is 2.48. The number of likely N-dealkylation sites (N-methyl/N-ethyl adjacent to an activating group) is 2. The third-order valence-electron chi connectivity index (χ3n) is 7.78. The zero-order chi connectivity index (χ0) is 24.9. The second-order valence-electron chi connectivity index (χ2n) is 10.1. The lowest BCUT2D eigenvalue weighted by atomic mass is 9.84. The summed E-state index contributed by atoms with van der Waals surface area (Å²) >= 11 is 0. The van der Waals surface area contributed by atoms with Gasteiger partial charge in [0.2, 0.25) is 5.91 Å². The second-order valence-corrected chi connectivity index (χ2v) is 10.1. The fraction of sp³-hybridized carbons (Fsp3) is 0.593. The maximum Gasteiger partial charge on any atom is 0.274 e. The zero-order valence-corrected chi connectivity index (χ0v) is 21.5. The normalized spacial score (nSPS) is 20.5. The lowest BCUT2D eigenvalue weighted by molar-refractivity contribution is -0.139. The Labute approximate surface area is 208 Å². The van der Waals surface area contributed by atoms with Crippen molar-refractivity contribution in [3.05, 3.63) is 47.8 Å². The number of likely N-dealkylation sites (tertiary alicyclic amines) is 2. The summed E-state index contributed by atoms with van der Waals surface area (Å²) in [5.74, 6) is 1.32. The van der Waals surface area contributed by atoms with Crippen molar-refractivity contribution < 1.29 is 14.3 Å². The molecule has 2 aliphatic heterocycles. The minimum atomic E-state index is -0.0687. The van der Waals surface area contributed by atoms with E-state index in [-0.39, 0.29) is 23.9 Å². The summed E-state index contributed by atoms with van der Waals surface area (Å²) in [4.78, 5) is 32.7. The van der Waals surface area contributed by atoms with E-state index in [0.717, 1.165) is 63.1 Å². The number of methoxy groups -OCH3 is 1. The number of piperidine rings is 2. The Hall–Kier alpha value is -2.87. The van der Waals surface area contributed by atoms with Crippen LogP contribution in [-0.2, 0) is 18.3 Å². The fourth-order valence-corrected chi connectivity index (χ4v) is 5.62. The van der Waals surface area contributed by atoms with Crippen molar-refractivity contribution in [3.8, 4) is 5.75 Å². The molecule has 8 nitrogen and oxygen atoms in total. The largest absolute Gasteiger partial charge is 0.497 e. The van der Waals surface area contributed by atoms with Gasteiger partial charge in [-0.2, -0.15) is 5.10 Å². The molecule has 0 saturated carbocycles. The van der Waals surface area contributed by atoms with E-state index in [1.165, 1.54) is 6.42 Å². The van der Waals surface area contributed by atoms with Crippen molar-refractivity contribution in [2.45, 2.75) is 50.6 Å². The minimum absolute atomic E-state index is 0.00576. The van der Waals surface area contributed by atoms with Crippen LogP contribution in [0.4, 0.5) is 0 Å². The number of nitrogens with zero attached hydrogens (tertiary/aromatic N) is 5. The first-order chi connectivity index (χ1) is 16.9. The SMILES string of the molecule is COc1cccc(C[C@H](C2CCN(C(=O)[C@@H]3CCCCN3C)CC2)N(C)C(=O)c2ccn(C)n2)c1. The summed E-state index contributed by atoms with van der Waals surface area (Å²) < 4.78 is 7.08. The van der Waals surface area contributed by atoms with Crippen molar-refractivity contribution in [3.63, 3.8) is 0 Å². The van der Waals surface area contributed by atoms with Gasteiger partial charge >= 0.3 is 0 Å². The second kappa shape index (κ2) is 11.2. The maximum atomic E-state index is 13.3. The molecule has 1 aromatic heterocycles. The number of carbonyl (C=O) groups is 2. The highest BCUT2D eigenvalue weighted by Crippen LogP contribution is 2.29. The number of rotatable bonds is 7. The smallest absolute Gasteiger partial charge is 0.274 e. The fourth-order valence-electron chi connectivity index (χ4n) is 5.62. The molecule has 4 rings (SSSR count). The number of hydrogen-bond donors (Lipinski definition) is 0. The van der Waals surface area contributed by atoms with Crippen LogP contribution in [0.3, 0.4) is 0 Å². The van der Waals surface area contributed by atoms with E-state index >= 15 is 0 Å². The highest BCUT2D eigenvalue weighted by atomic mass is 16.5. The number of ether oxygens (including phenoxy) is 1. The summed E-state index contributed by atoms with van der Waals surface area (Å²) in [5, 5.41) is 4.34. The van der Waals surface area contributed by atoms with Crippen LogP contribution in [0.1, 0.15) is 48.2 Å². The molecule has 2 saturated heterocycles. The van der Waals surface area contributed by atoms with Crippen LogP contribution in [0.2, 0.25) is 0 Å². The van der Waals surface area contributed by atoms with Gasteiger partial charge in [0.1, 0.15) is 11.4 Å². The van der Waals surface area contributed by atoms with Crippen molar-refractivity contribution in [1.29, 1.82) is 0 Å². The summed E-state index contributed by atoms with van der Waals surface area (Å²) in [7, 11) is 7.44. The molecular weight excluding hydrogens is 442 g/mol. The molecule has 3 heterocycles. The summed E-state index contributed by atoms with van der Waals surface area (Å²) in [6.07, 6.45) is 7.55. The Morgan fingerprint density at radius 1 is 1.11 bits per heavy atom. The van der Waals surface area contributed by atoms with Gasteiger partial charge in [-0.1, -0.05) is 18.6 Å². The minimum Gasteiger partial charge on any atom is -0.497 e. The molecule has 8 heteroatoms. The predicted molar refractivity (Wildman–Crippen MR) is 135 cm³/mol. The monoisotopic (exact) mass is 481 g/mol. The average molecular weight is 482 g/mol. The Bertz CT molecular complexity index is 1010. The van der Waals surface area contributed by atoms with E-state index in [1.54, 1.807) is 24.1 Å². The Kier molecular flexibility index (Phi) is 8.11. The van der Waals surface area contributed by atoms with Gasteiger partial charge in [-0.3, -0.25) is 19.2 Å². The van der Waals surface area contributed by atoms with E-state index in [0.29, 0.717) is 11.6 Å². The van der Waals surface area contributed by atoms with Crippen LogP contribution in [0.15, 0.2) is 36.5 Å². The van der Waals surface area contributed by atoms with Gasteiger partial charge in [-0.25, -0.2) is 0 Å². The molecule has 0 bridgehead atoms. The van der Waals surface area contributed by atoms with Crippen LogP contribution in [0.25, 0.3) is 0 Å². The van der Waals surface area contributed by atoms with E-state index in [9.17, 15) is 9.59 Å². The number of aryl methyl sites for hydroxylation is 1. The predicted octanol–water partition coefficient (Wildman–Crippen LogP) is 2.83. The first-order valence-electron chi connectivity index (χ1n) is 12.8. The molecule has 2 amide bonds. The molecule has 0 aliphatic carbocycles. The molecule has 190 valence electrons. The highest BCUT2D eigenvalue weighted by Gasteiger charge is 2.36. The van der Waals surface area contributed by atoms with Crippen LogP contribution >= 0.6 is 0 Å². The lowest BCUT2D eigenvalue weighted by Gasteiger charge is -2.42. The first-order valence-corrected chi connectivity index (χ1v) is 12.8. The molecule has 0 unspecified atom stereocenters. The van der Waals surface area contributed by atoms with Crippen LogP contribution in [0, 0.1) is 5.92 Å². The third kappa shape index (κ3) is 5.86. The van der Waals surface area contributed by atoms with Crippen molar-refractivity contribution in [2.75, 3.05) is 40.8 Å². The summed E-state index contributed by atoms with van der Waals surface area (Å²) in [5.41, 5.74) is 1.59. The average Bonchev–Trinajstić information content (AvgIpc) is 3.32. The number of amides is 2. The van der Waals surface area contributed by atoms with E-state index in [1.807, 2.05) is 42.1 Å². The van der Waals surface area contributed by atoms with E-state index in [4.69, 9.17) is 4.74 Å². The molecule has 0 N–H and O–H groups in total. The molecular formula is C27H39N5O3. The van der Waals surface area contributed by atoms with Crippen LogP contribution < -0.4 is 4.74 Å². The molecule has 2 fully saturated rings. The highest BCUT2D eigenvalue weighted by molar-refractivity contribution is 5.92. The Balaban J connectivity index is 1.48. The number of benzene rings is 1. The van der Waals surface area contributed by atoms with E-state index in [2.05, 4.69) is 23.1 Å². The van der Waals surface area contributed by atoms with Crippen LogP contribution in [-0.4, -0.2) is 89.2 Å². The Morgan fingerprint density at radius 2 is 1.89 bits per heavy atom. The molecule has 0 radical (unpaired) electrons. The molecule has 1 aromatic carbocycles. The number of carbonyl (C=O) groups excluding carboxylic acids is 2. The summed E-state index contributed by atoms with van der Waals surface area (Å²) in [6, 6.07) is 9.85. The Morgan fingerprint density at radius 3 is 2.54 bits per heavy atom. The van der Waals surface area contributed by atoms with E-state index < -0.39 is 0 Å². The molecule has 2 aromatic rings. The topological polar surface area (TPSA) is 70.9 Å². The van der Waals surface area contributed by atoms with Crippen molar-refractivity contribution >= 4 is 11.8 Å². The molecule has 2 aliphatic rings. The zero-order valence-electron chi connectivity index (χ0n) is 21.5. The van der Waals surface area contributed by atoms with Crippen molar-refractivity contribution in [2.24, 2.45) is 13.0 Å². The standard InChI is InChI=1S/C27H39N5O3/c1-29-14-6-5-10-24(29)27(34)32-16-11-21(12-17-32)25(19-20-8-7-9-22(18-20)35-4)31(3)26(33)23-13-15-30(2)28-23/h7-9,13,15,18,21,24-25H,5-6,10-12,14,16-17,19H2,1-4H3/t24-,25+/m0/s1. The number of aromatic nitrogens is 2. The molecule has 2 atom stereocenters. The third-order valence-corrected chi connectivity index (χ3v) is 7.78. The number of hydrogen-bond acceptors (Lipinski definition) is 5. The van der Waals surface area contributed by atoms with Crippen molar-refractivity contribution in [1.82, 2.24) is 24.5 Å². The van der Waals surface area contributed by atoms with Gasteiger partial charge in [0, 0.05) is 39.4 Å². The van der Waals surface area contributed by atoms with Gasteiger partial charge in [0.15, 0.2) is 0 Å². The molecule has 0 spiro atoms. The first kappa shape index (κ1) is 25.2. The van der Waals surface area contributed by atoms with Gasteiger partial charge in [-0.05, 0) is 75.4 Å². The van der Waals surface area contributed by atoms with Crippen LogP contribution in [0.5, 0.6) is 5.75 Å². The maximum absolute atomic E-state index is 13.3. The van der Waals surface area contributed by atoms with Gasteiger partial charge in [-0.15, -0.1) is 0 Å². The van der Waals surface area contributed by atoms with Gasteiger partial charge in [0.25, 0.3) is 5.91 Å². The molecule has 35 heavy (non-hydrogen) atoms.